The number of unbranched alkanes of at least 4 members (excludes halogenated alkanes) is 1. The Hall–Kier alpha value is -2.66. The standard InChI is InChI=1S/C22H35N7O3S/c1-4-6-11-28(18-19(23)29(8-5-2)21(32)25-20(18)31)17(30)14-26-9-7-10-27(13-12-26)22-24-16(3)15-33-22/h15H,4-14,23H2,1-3H3,(H,25,31,32). The first kappa shape index (κ1) is 25.0. The van der Waals surface area contributed by atoms with Crippen LogP contribution in [-0.2, 0) is 11.3 Å². The Morgan fingerprint density at radius 1 is 1.21 bits per heavy atom. The summed E-state index contributed by atoms with van der Waals surface area (Å²) >= 11 is 1.64. The summed E-state index contributed by atoms with van der Waals surface area (Å²) in [7, 11) is 0. The van der Waals surface area contributed by atoms with Crippen molar-refractivity contribution < 1.29 is 4.79 Å². The third-order valence-electron chi connectivity index (χ3n) is 5.79. The molecule has 0 radical (unpaired) electrons. The summed E-state index contributed by atoms with van der Waals surface area (Å²) in [6.07, 6.45) is 3.20. The van der Waals surface area contributed by atoms with Crippen molar-refractivity contribution in [3.8, 4) is 0 Å². The van der Waals surface area contributed by atoms with Crippen LogP contribution in [0.15, 0.2) is 15.0 Å². The Balaban J connectivity index is 1.78. The Labute approximate surface area is 198 Å². The number of amides is 1. The highest BCUT2D eigenvalue weighted by molar-refractivity contribution is 7.13. The van der Waals surface area contributed by atoms with E-state index in [9.17, 15) is 14.4 Å². The molecule has 182 valence electrons. The van der Waals surface area contributed by atoms with E-state index in [0.717, 1.165) is 56.3 Å². The van der Waals surface area contributed by atoms with Crippen molar-refractivity contribution in [2.24, 2.45) is 0 Å². The van der Waals surface area contributed by atoms with Gasteiger partial charge in [0.2, 0.25) is 5.91 Å². The molecule has 0 spiro atoms. The Bertz CT molecular complexity index is 1060. The number of rotatable bonds is 9. The van der Waals surface area contributed by atoms with Gasteiger partial charge >= 0.3 is 5.69 Å². The summed E-state index contributed by atoms with van der Waals surface area (Å²) in [6.45, 7) is 10.1. The molecule has 2 aromatic heterocycles. The fourth-order valence-corrected chi connectivity index (χ4v) is 4.90. The molecule has 0 unspecified atom stereocenters. The van der Waals surface area contributed by atoms with Gasteiger partial charge in [0.05, 0.1) is 12.2 Å². The monoisotopic (exact) mass is 477 g/mol. The van der Waals surface area contributed by atoms with E-state index in [0.29, 0.717) is 19.5 Å². The maximum atomic E-state index is 13.4. The van der Waals surface area contributed by atoms with Crippen molar-refractivity contribution in [3.05, 3.63) is 31.9 Å². The molecule has 3 heterocycles. The fraction of sp³-hybridized carbons (Fsp3) is 0.636. The number of nitrogens with zero attached hydrogens (tertiary/aromatic N) is 5. The van der Waals surface area contributed by atoms with E-state index < -0.39 is 11.2 Å². The number of nitrogens with two attached hydrogens (primary N) is 1. The van der Waals surface area contributed by atoms with E-state index in [1.807, 2.05) is 26.2 Å². The average Bonchev–Trinajstić information content (AvgIpc) is 3.07. The minimum Gasteiger partial charge on any atom is -0.383 e. The van der Waals surface area contributed by atoms with Crippen LogP contribution in [0.25, 0.3) is 0 Å². The third kappa shape index (κ3) is 6.02. The maximum absolute atomic E-state index is 13.4. The second-order valence-corrected chi connectivity index (χ2v) is 9.27. The third-order valence-corrected chi connectivity index (χ3v) is 6.81. The summed E-state index contributed by atoms with van der Waals surface area (Å²) < 4.78 is 1.34. The first-order valence-corrected chi connectivity index (χ1v) is 12.6. The SMILES string of the molecule is CCCCN(C(=O)CN1CCCN(c2nc(C)cs2)CC1)c1c(N)n(CCC)c(=O)[nH]c1=O. The fourth-order valence-electron chi connectivity index (χ4n) is 4.04. The number of H-pyrrole nitrogens is 1. The molecule has 0 aromatic carbocycles. The molecule has 11 heteroatoms. The van der Waals surface area contributed by atoms with Crippen LogP contribution in [0.4, 0.5) is 16.6 Å². The van der Waals surface area contributed by atoms with Crippen LogP contribution in [0.5, 0.6) is 0 Å². The maximum Gasteiger partial charge on any atom is 0.330 e. The summed E-state index contributed by atoms with van der Waals surface area (Å²) in [6, 6.07) is 0. The van der Waals surface area contributed by atoms with Crippen LogP contribution < -0.4 is 26.8 Å². The lowest BCUT2D eigenvalue weighted by molar-refractivity contribution is -0.119. The number of aryl methyl sites for hydroxylation is 1. The second kappa shape index (κ2) is 11.5. The number of anilines is 3. The second-order valence-electron chi connectivity index (χ2n) is 8.43. The molecular weight excluding hydrogens is 442 g/mol. The van der Waals surface area contributed by atoms with Gasteiger partial charge in [-0.3, -0.25) is 24.0 Å². The van der Waals surface area contributed by atoms with E-state index in [1.54, 1.807) is 11.3 Å². The summed E-state index contributed by atoms with van der Waals surface area (Å²) in [5, 5.41) is 3.07. The number of carbonyl (C=O) groups excluding carboxylic acids is 1. The van der Waals surface area contributed by atoms with E-state index in [1.165, 1.54) is 9.47 Å². The van der Waals surface area contributed by atoms with Gasteiger partial charge in [0.25, 0.3) is 5.56 Å². The van der Waals surface area contributed by atoms with Gasteiger partial charge in [0.15, 0.2) is 10.8 Å². The van der Waals surface area contributed by atoms with Crippen LogP contribution in [0.2, 0.25) is 0 Å². The van der Waals surface area contributed by atoms with E-state index >= 15 is 0 Å². The lowest BCUT2D eigenvalue weighted by Crippen LogP contribution is -2.46. The smallest absolute Gasteiger partial charge is 0.330 e. The van der Waals surface area contributed by atoms with E-state index in [4.69, 9.17) is 5.73 Å². The Kier molecular flexibility index (Phi) is 8.67. The molecule has 0 saturated carbocycles. The van der Waals surface area contributed by atoms with Gasteiger partial charge in [0.1, 0.15) is 5.82 Å². The average molecular weight is 478 g/mol. The number of thiazole rings is 1. The van der Waals surface area contributed by atoms with Gasteiger partial charge in [-0.05, 0) is 26.2 Å². The van der Waals surface area contributed by atoms with Crippen molar-refractivity contribution >= 4 is 33.9 Å². The first-order chi connectivity index (χ1) is 15.8. The van der Waals surface area contributed by atoms with Gasteiger partial charge in [-0.2, -0.15) is 0 Å². The zero-order valence-corrected chi connectivity index (χ0v) is 20.6. The topological polar surface area (TPSA) is 121 Å². The Morgan fingerprint density at radius 3 is 2.67 bits per heavy atom. The predicted octanol–water partition coefficient (Wildman–Crippen LogP) is 1.64. The zero-order valence-electron chi connectivity index (χ0n) is 19.8. The first-order valence-electron chi connectivity index (χ1n) is 11.7. The minimum atomic E-state index is -0.615. The molecule has 0 atom stereocenters. The highest BCUT2D eigenvalue weighted by Crippen LogP contribution is 2.22. The van der Waals surface area contributed by atoms with Gasteiger partial charge < -0.3 is 15.5 Å². The molecule has 3 rings (SSSR count). The highest BCUT2D eigenvalue weighted by Gasteiger charge is 2.26. The van der Waals surface area contributed by atoms with Crippen molar-refractivity contribution in [2.75, 3.05) is 54.8 Å². The van der Waals surface area contributed by atoms with Crippen LogP contribution in [0, 0.1) is 6.92 Å². The van der Waals surface area contributed by atoms with Crippen molar-refractivity contribution in [3.63, 3.8) is 0 Å². The van der Waals surface area contributed by atoms with Gasteiger partial charge in [-0.15, -0.1) is 11.3 Å². The van der Waals surface area contributed by atoms with E-state index in [-0.39, 0.29) is 24.0 Å². The van der Waals surface area contributed by atoms with Gasteiger partial charge in [-0.25, -0.2) is 9.78 Å². The number of carbonyl (C=O) groups is 1. The minimum absolute atomic E-state index is 0.0521. The highest BCUT2D eigenvalue weighted by atomic mass is 32.1. The molecule has 2 aromatic rings. The van der Waals surface area contributed by atoms with Crippen LogP contribution >= 0.6 is 11.3 Å². The number of aromatic nitrogens is 3. The number of nitrogen functional groups attached to an aromatic ring is 1. The van der Waals surface area contributed by atoms with Crippen LogP contribution in [0.3, 0.4) is 0 Å². The molecule has 3 N–H and O–H groups in total. The molecule has 1 aliphatic heterocycles. The summed E-state index contributed by atoms with van der Waals surface area (Å²) in [5.41, 5.74) is 6.19. The normalized spacial score (nSPS) is 14.9. The van der Waals surface area contributed by atoms with Crippen molar-refractivity contribution in [1.82, 2.24) is 19.4 Å². The summed E-state index contributed by atoms with van der Waals surface area (Å²) in [4.78, 5) is 51.1. The molecule has 0 aliphatic carbocycles. The summed E-state index contributed by atoms with van der Waals surface area (Å²) in [5.74, 6) is -0.128. The molecule has 1 saturated heterocycles. The quantitative estimate of drug-likeness (QED) is 0.563. The van der Waals surface area contributed by atoms with Crippen molar-refractivity contribution in [2.45, 2.75) is 53.0 Å². The van der Waals surface area contributed by atoms with E-state index in [2.05, 4.69) is 19.8 Å². The van der Waals surface area contributed by atoms with Crippen LogP contribution in [0.1, 0.15) is 45.2 Å². The van der Waals surface area contributed by atoms with Crippen LogP contribution in [-0.4, -0.2) is 64.6 Å². The molecule has 0 bridgehead atoms. The Morgan fingerprint density at radius 2 is 2.00 bits per heavy atom. The zero-order chi connectivity index (χ0) is 24.0. The molecule has 10 nitrogen and oxygen atoms in total. The van der Waals surface area contributed by atoms with Crippen molar-refractivity contribution in [1.29, 1.82) is 0 Å². The molecule has 1 aliphatic rings. The largest absolute Gasteiger partial charge is 0.383 e. The molecule has 1 amide bonds. The number of nitrogens with one attached hydrogen (secondary N) is 1. The number of aromatic amines is 1. The molecule has 33 heavy (non-hydrogen) atoms. The lowest BCUT2D eigenvalue weighted by atomic mass is 10.2. The molecule has 1 fully saturated rings. The van der Waals surface area contributed by atoms with Gasteiger partial charge in [-0.1, -0.05) is 20.3 Å². The lowest BCUT2D eigenvalue weighted by Gasteiger charge is -2.27. The number of hydrogen-bond donors (Lipinski definition) is 2. The number of hydrogen-bond acceptors (Lipinski definition) is 8. The van der Waals surface area contributed by atoms with Gasteiger partial charge in [0, 0.05) is 44.6 Å². The molecular formula is C22H35N7O3S. The predicted molar refractivity (Wildman–Crippen MR) is 133 cm³/mol.